The molecule has 2 aromatic rings. The molecule has 0 saturated carbocycles. The Morgan fingerprint density at radius 2 is 1.37 bits per heavy atom. The lowest BCUT2D eigenvalue weighted by molar-refractivity contribution is -0.152. The van der Waals surface area contributed by atoms with Crippen LogP contribution < -0.4 is 10.1 Å². The fourth-order valence-electron chi connectivity index (χ4n) is 3.10. The lowest BCUT2D eigenvalue weighted by atomic mass is 9.84. The fraction of sp³-hybridized carbons (Fsp3) is 0.200. The van der Waals surface area contributed by atoms with E-state index in [1.807, 2.05) is 35.6 Å². The normalized spacial score (nSPS) is 20.7. The van der Waals surface area contributed by atoms with Crippen molar-refractivity contribution in [2.24, 2.45) is 0 Å². The molecule has 0 bridgehead atoms. The quantitative estimate of drug-likeness (QED) is 0.476. The van der Waals surface area contributed by atoms with Gasteiger partial charge in [0.15, 0.2) is 12.2 Å². The van der Waals surface area contributed by atoms with Crippen LogP contribution in [0.3, 0.4) is 0 Å². The minimum atomic E-state index is -1.76. The number of carboxylic acid groups (broad SMARTS) is 2. The summed E-state index contributed by atoms with van der Waals surface area (Å²) in [6.45, 7) is 0.306. The molecule has 2 aromatic carbocycles. The zero-order valence-electron chi connectivity index (χ0n) is 15.4. The third-order valence-corrected chi connectivity index (χ3v) is 4.38. The molecule has 2 amide bonds. The fourth-order valence-corrected chi connectivity index (χ4v) is 3.10. The van der Waals surface area contributed by atoms with Crippen molar-refractivity contribution in [1.82, 2.24) is 5.32 Å². The Hall–Kier alpha value is -4.08. The van der Waals surface area contributed by atoms with Gasteiger partial charge in [0.05, 0.1) is 5.92 Å². The highest BCUT2D eigenvalue weighted by Crippen LogP contribution is 2.32. The van der Waals surface area contributed by atoms with Gasteiger partial charge in [-0.05, 0) is 23.3 Å². The average molecular weight is 415 g/mol. The first-order valence-corrected chi connectivity index (χ1v) is 8.75. The lowest BCUT2D eigenvalue weighted by Gasteiger charge is -2.34. The minimum absolute atomic E-state index is 0.266. The van der Waals surface area contributed by atoms with Crippen molar-refractivity contribution in [3.05, 3.63) is 65.7 Å². The number of hydrogen-bond donors (Lipinski definition) is 3. The van der Waals surface area contributed by atoms with Crippen LogP contribution in [-0.4, -0.2) is 46.5 Å². The van der Waals surface area contributed by atoms with E-state index in [-0.39, 0.29) is 5.56 Å². The van der Waals surface area contributed by atoms with Crippen molar-refractivity contribution in [2.45, 2.75) is 24.7 Å². The van der Waals surface area contributed by atoms with Crippen LogP contribution in [0.1, 0.15) is 17.0 Å². The molecule has 0 aromatic heterocycles. The summed E-state index contributed by atoms with van der Waals surface area (Å²) in [5, 5.41) is 19.7. The molecule has 1 heterocycles. The lowest BCUT2D eigenvalue weighted by Crippen LogP contribution is -2.58. The Labute approximate surface area is 170 Å². The van der Waals surface area contributed by atoms with Crippen molar-refractivity contribution in [3.8, 4) is 5.75 Å². The maximum Gasteiger partial charge on any atom is 0.506 e. The molecule has 3 atom stereocenters. The van der Waals surface area contributed by atoms with E-state index in [1.54, 1.807) is 12.1 Å². The van der Waals surface area contributed by atoms with Gasteiger partial charge >= 0.3 is 12.3 Å². The van der Waals surface area contributed by atoms with Crippen LogP contribution in [0.5, 0.6) is 5.75 Å². The molecule has 0 spiro atoms. The molecule has 30 heavy (non-hydrogen) atoms. The molecule has 156 valence electrons. The van der Waals surface area contributed by atoms with Crippen LogP contribution in [0.15, 0.2) is 54.6 Å². The number of imide groups is 1. The van der Waals surface area contributed by atoms with E-state index in [0.717, 1.165) is 5.56 Å². The molecule has 3 N–H and O–H groups in total. The largest absolute Gasteiger partial charge is 0.506 e. The third-order valence-electron chi connectivity index (χ3n) is 4.38. The van der Waals surface area contributed by atoms with Gasteiger partial charge in [-0.1, -0.05) is 42.5 Å². The average Bonchev–Trinajstić information content (AvgIpc) is 2.71. The Balaban J connectivity index is 1.85. The molecular weight excluding hydrogens is 398 g/mol. The third kappa shape index (κ3) is 4.85. The van der Waals surface area contributed by atoms with E-state index in [0.29, 0.717) is 12.4 Å². The Bertz CT molecular complexity index is 909. The summed E-state index contributed by atoms with van der Waals surface area (Å²) >= 11 is 0. The summed E-state index contributed by atoms with van der Waals surface area (Å²) in [6.07, 6.45) is -6.88. The number of rotatable bonds is 6. The van der Waals surface area contributed by atoms with Gasteiger partial charge in [-0.15, -0.1) is 0 Å². The number of amides is 2. The van der Waals surface area contributed by atoms with E-state index in [2.05, 4.69) is 9.47 Å². The van der Waals surface area contributed by atoms with Crippen molar-refractivity contribution >= 4 is 24.1 Å². The number of carbonyl (C=O) groups is 4. The summed E-state index contributed by atoms with van der Waals surface area (Å²) < 4.78 is 14.9. The van der Waals surface area contributed by atoms with Crippen molar-refractivity contribution in [3.63, 3.8) is 0 Å². The molecule has 0 aliphatic carbocycles. The Morgan fingerprint density at radius 3 is 1.87 bits per heavy atom. The highest BCUT2D eigenvalue weighted by molar-refractivity contribution is 6.04. The second-order valence-corrected chi connectivity index (χ2v) is 6.33. The summed E-state index contributed by atoms with van der Waals surface area (Å²) in [4.78, 5) is 46.3. The number of hydrogen-bond acceptors (Lipinski definition) is 7. The van der Waals surface area contributed by atoms with Crippen LogP contribution in [0.25, 0.3) is 0 Å². The smallest absolute Gasteiger partial charge is 0.489 e. The summed E-state index contributed by atoms with van der Waals surface area (Å²) in [5.74, 6) is -2.86. The van der Waals surface area contributed by atoms with Gasteiger partial charge in [-0.3, -0.25) is 14.9 Å². The molecule has 0 radical (unpaired) electrons. The van der Waals surface area contributed by atoms with Crippen molar-refractivity contribution < 1.29 is 43.6 Å². The summed E-state index contributed by atoms with van der Waals surface area (Å²) in [6, 6.07) is 15.5. The highest BCUT2D eigenvalue weighted by atomic mass is 16.7. The van der Waals surface area contributed by atoms with Crippen LogP contribution in [0.4, 0.5) is 9.59 Å². The number of benzene rings is 2. The van der Waals surface area contributed by atoms with Gasteiger partial charge in [0, 0.05) is 0 Å². The van der Waals surface area contributed by atoms with Gasteiger partial charge in [-0.25, -0.2) is 9.59 Å². The molecule has 1 aliphatic heterocycles. The van der Waals surface area contributed by atoms with Crippen molar-refractivity contribution in [1.29, 1.82) is 0 Å². The van der Waals surface area contributed by atoms with Crippen LogP contribution in [-0.2, 0) is 25.7 Å². The van der Waals surface area contributed by atoms with Gasteiger partial charge < -0.3 is 24.4 Å². The van der Waals surface area contributed by atoms with Gasteiger partial charge in [0.25, 0.3) is 11.8 Å². The Morgan fingerprint density at radius 1 is 0.833 bits per heavy atom. The number of carbonyl (C=O) groups excluding carboxylic acids is 2. The Kier molecular flexibility index (Phi) is 6.16. The molecular formula is C20H17NO9. The molecule has 10 heteroatoms. The molecule has 1 aliphatic rings. The van der Waals surface area contributed by atoms with Gasteiger partial charge in [0.2, 0.25) is 0 Å². The monoisotopic (exact) mass is 415 g/mol. The van der Waals surface area contributed by atoms with Crippen LogP contribution in [0.2, 0.25) is 0 Å². The zero-order valence-corrected chi connectivity index (χ0v) is 15.4. The van der Waals surface area contributed by atoms with Gasteiger partial charge in [-0.2, -0.15) is 0 Å². The van der Waals surface area contributed by atoms with Crippen molar-refractivity contribution in [2.75, 3.05) is 0 Å². The second kappa shape index (κ2) is 8.95. The zero-order chi connectivity index (χ0) is 21.7. The number of piperidine rings is 1. The first kappa shape index (κ1) is 20.6. The number of ether oxygens (including phenoxy) is 3. The van der Waals surface area contributed by atoms with Gasteiger partial charge in [0.1, 0.15) is 12.4 Å². The SMILES string of the molecule is O=C(O)O[C@@H]1C(=O)NC(=O)[C@H](OC(=O)O)C1c1ccc(OCc2ccccc2)cc1. The van der Waals surface area contributed by atoms with E-state index >= 15 is 0 Å². The molecule has 1 saturated heterocycles. The second-order valence-electron chi connectivity index (χ2n) is 6.33. The predicted octanol–water partition coefficient (Wildman–Crippen LogP) is 2.13. The predicted molar refractivity (Wildman–Crippen MR) is 98.9 cm³/mol. The maximum absolute atomic E-state index is 12.1. The van der Waals surface area contributed by atoms with E-state index in [4.69, 9.17) is 14.9 Å². The van der Waals surface area contributed by atoms with E-state index in [1.165, 1.54) is 12.1 Å². The first-order chi connectivity index (χ1) is 14.3. The molecule has 1 fully saturated rings. The van der Waals surface area contributed by atoms with E-state index in [9.17, 15) is 19.2 Å². The molecule has 1 unspecified atom stereocenters. The highest BCUT2D eigenvalue weighted by Gasteiger charge is 2.49. The standard InChI is InChI=1S/C20H17NO9/c22-17-15(29-19(24)25)14(16(18(23)21-17)30-20(26)27)12-6-8-13(9-7-12)28-10-11-4-2-1-3-5-11/h1-9,14-16H,10H2,(H,24,25)(H,26,27)(H,21,22,23)/t14?,15-,16+. The number of nitrogens with one attached hydrogen (secondary N) is 1. The first-order valence-electron chi connectivity index (χ1n) is 8.75. The molecule has 10 nitrogen and oxygen atoms in total. The maximum atomic E-state index is 12.1. The molecule has 3 rings (SSSR count). The minimum Gasteiger partial charge on any atom is -0.489 e. The van der Waals surface area contributed by atoms with Crippen LogP contribution in [0, 0.1) is 0 Å². The topological polar surface area (TPSA) is 148 Å². The van der Waals surface area contributed by atoms with E-state index < -0.39 is 42.3 Å². The summed E-state index contributed by atoms with van der Waals surface area (Å²) in [7, 11) is 0. The summed E-state index contributed by atoms with van der Waals surface area (Å²) in [5.41, 5.74) is 1.21. The van der Waals surface area contributed by atoms with Crippen LogP contribution >= 0.6 is 0 Å².